The van der Waals surface area contributed by atoms with Gasteiger partial charge in [0.25, 0.3) is 0 Å². The van der Waals surface area contributed by atoms with E-state index in [1.807, 2.05) is 18.2 Å². The molecule has 0 aliphatic carbocycles. The maximum atomic E-state index is 12.0. The van der Waals surface area contributed by atoms with Crippen LogP contribution >= 0.6 is 0 Å². The van der Waals surface area contributed by atoms with Gasteiger partial charge in [-0.2, -0.15) is 0 Å². The Morgan fingerprint density at radius 3 is 2.32 bits per heavy atom. The predicted octanol–water partition coefficient (Wildman–Crippen LogP) is 4.57. The number of carbonyl (C=O) groups is 1. The fourth-order valence-electron chi connectivity index (χ4n) is 2.72. The number of unbranched alkanes of at least 4 members (excludes halogenated alkanes) is 1. The van der Waals surface area contributed by atoms with Crippen molar-refractivity contribution in [3.63, 3.8) is 0 Å². The molecule has 1 aromatic rings. The van der Waals surface area contributed by atoms with Crippen LogP contribution in [0.5, 0.6) is 0 Å². The third-order valence-electron chi connectivity index (χ3n) is 3.77. The van der Waals surface area contributed by atoms with Crippen LogP contribution in [0.1, 0.15) is 70.7 Å². The van der Waals surface area contributed by atoms with Gasteiger partial charge in [0, 0.05) is 18.0 Å². The van der Waals surface area contributed by atoms with Crippen LogP contribution < -0.4 is 5.32 Å². The van der Waals surface area contributed by atoms with Gasteiger partial charge in [-0.25, -0.2) is 4.79 Å². The van der Waals surface area contributed by atoms with Gasteiger partial charge < -0.3 is 10.1 Å². The second-order valence-electron chi connectivity index (χ2n) is 6.76. The zero-order chi connectivity index (χ0) is 16.6. The highest BCUT2D eigenvalue weighted by molar-refractivity contribution is 5.89. The molecule has 3 heteroatoms. The molecular weight excluding hydrogens is 274 g/mol. The van der Waals surface area contributed by atoms with Crippen molar-refractivity contribution in [2.24, 2.45) is 0 Å². The van der Waals surface area contributed by atoms with Gasteiger partial charge in [-0.05, 0) is 39.3 Å². The van der Waals surface area contributed by atoms with Crippen molar-refractivity contribution < 1.29 is 9.53 Å². The Balaban J connectivity index is 0.000000541. The minimum Gasteiger partial charge on any atom is -0.459 e. The topological polar surface area (TPSA) is 38.3 Å². The summed E-state index contributed by atoms with van der Waals surface area (Å²) >= 11 is 0. The van der Waals surface area contributed by atoms with Gasteiger partial charge in [0.1, 0.15) is 6.10 Å². The van der Waals surface area contributed by atoms with Gasteiger partial charge in [0.05, 0.1) is 5.56 Å². The molecule has 1 aromatic carbocycles. The average molecular weight is 305 g/mol. The molecule has 124 valence electrons. The van der Waals surface area contributed by atoms with E-state index in [1.165, 1.54) is 12.8 Å². The maximum Gasteiger partial charge on any atom is 0.338 e. The molecule has 1 saturated heterocycles. The van der Waals surface area contributed by atoms with E-state index in [4.69, 9.17) is 4.74 Å². The van der Waals surface area contributed by atoms with Crippen LogP contribution in [0.4, 0.5) is 0 Å². The smallest absolute Gasteiger partial charge is 0.338 e. The molecule has 22 heavy (non-hydrogen) atoms. The largest absolute Gasteiger partial charge is 0.459 e. The van der Waals surface area contributed by atoms with Gasteiger partial charge in [0.2, 0.25) is 0 Å². The van der Waals surface area contributed by atoms with Crippen molar-refractivity contribution in [1.29, 1.82) is 0 Å². The number of carbonyl (C=O) groups excluding carboxylic acids is 1. The number of ether oxygens (including phenoxy) is 1. The van der Waals surface area contributed by atoms with E-state index >= 15 is 0 Å². The van der Waals surface area contributed by atoms with E-state index in [1.54, 1.807) is 12.1 Å². The van der Waals surface area contributed by atoms with Crippen LogP contribution in [-0.2, 0) is 4.74 Å². The Morgan fingerprint density at radius 2 is 1.82 bits per heavy atom. The molecule has 1 heterocycles. The summed E-state index contributed by atoms with van der Waals surface area (Å²) in [7, 11) is 0. The van der Waals surface area contributed by atoms with Gasteiger partial charge in [-0.3, -0.25) is 0 Å². The minimum absolute atomic E-state index is 0.00366. The lowest BCUT2D eigenvalue weighted by atomic mass is 9.87. The summed E-state index contributed by atoms with van der Waals surface area (Å²) in [5.74, 6) is -0.217. The molecule has 3 nitrogen and oxygen atoms in total. The fourth-order valence-corrected chi connectivity index (χ4v) is 2.72. The fraction of sp³-hybridized carbons (Fsp3) is 0.632. The highest BCUT2D eigenvalue weighted by Gasteiger charge is 2.33. The summed E-state index contributed by atoms with van der Waals surface area (Å²) in [6.45, 7) is 10.8. The standard InChI is InChI=1S/C15H21NO2.C4H10/c1-11-9-13(10-15(2,3)16-11)18-14(17)12-7-5-4-6-8-12;1-3-4-2/h4-8,11,13,16H,9-10H2,1-3H3;3-4H2,1-2H3/t11-,13+;/m0./s1. The Bertz CT molecular complexity index is 440. The van der Waals surface area contributed by atoms with E-state index < -0.39 is 0 Å². The summed E-state index contributed by atoms with van der Waals surface area (Å²) < 4.78 is 5.60. The number of rotatable bonds is 3. The molecule has 0 radical (unpaired) electrons. The van der Waals surface area contributed by atoms with Gasteiger partial charge in [-0.1, -0.05) is 44.9 Å². The molecule has 1 aliphatic heterocycles. The molecule has 1 fully saturated rings. The molecule has 0 amide bonds. The molecule has 0 aromatic heterocycles. The minimum atomic E-state index is -0.217. The average Bonchev–Trinajstić information content (AvgIpc) is 2.46. The second-order valence-corrected chi connectivity index (χ2v) is 6.76. The first-order valence-electron chi connectivity index (χ1n) is 8.41. The van der Waals surface area contributed by atoms with Crippen LogP contribution in [0.15, 0.2) is 30.3 Å². The number of hydrogen-bond acceptors (Lipinski definition) is 3. The molecule has 0 bridgehead atoms. The van der Waals surface area contributed by atoms with Crippen LogP contribution in [0.25, 0.3) is 0 Å². The van der Waals surface area contributed by atoms with Crippen molar-refractivity contribution in [1.82, 2.24) is 5.32 Å². The van der Waals surface area contributed by atoms with Crippen LogP contribution in [0.2, 0.25) is 0 Å². The third-order valence-corrected chi connectivity index (χ3v) is 3.77. The normalized spacial score (nSPS) is 23.1. The maximum absolute atomic E-state index is 12.0. The zero-order valence-electron chi connectivity index (χ0n) is 14.7. The third kappa shape index (κ3) is 6.61. The van der Waals surface area contributed by atoms with Crippen LogP contribution in [-0.4, -0.2) is 23.7 Å². The number of nitrogens with one attached hydrogen (secondary N) is 1. The van der Waals surface area contributed by atoms with Crippen molar-refractivity contribution in [2.45, 2.75) is 78.0 Å². The molecule has 1 N–H and O–H groups in total. The Hall–Kier alpha value is -1.35. The van der Waals surface area contributed by atoms with E-state index in [-0.39, 0.29) is 17.6 Å². The van der Waals surface area contributed by atoms with Crippen LogP contribution in [0.3, 0.4) is 0 Å². The van der Waals surface area contributed by atoms with Crippen molar-refractivity contribution in [2.75, 3.05) is 0 Å². The molecule has 0 unspecified atom stereocenters. The first kappa shape index (κ1) is 18.7. The molecule has 1 aliphatic rings. The van der Waals surface area contributed by atoms with Gasteiger partial charge in [0.15, 0.2) is 0 Å². The highest BCUT2D eigenvalue weighted by atomic mass is 16.5. The lowest BCUT2D eigenvalue weighted by Crippen LogP contribution is -2.53. The molecule has 2 atom stereocenters. The Labute approximate surface area is 135 Å². The highest BCUT2D eigenvalue weighted by Crippen LogP contribution is 2.25. The second kappa shape index (κ2) is 8.94. The molecule has 2 rings (SSSR count). The number of benzene rings is 1. The Morgan fingerprint density at radius 1 is 1.23 bits per heavy atom. The molecular formula is C19H31NO2. The summed E-state index contributed by atoms with van der Waals surface area (Å²) in [6, 6.07) is 9.56. The van der Waals surface area contributed by atoms with Crippen molar-refractivity contribution >= 4 is 5.97 Å². The van der Waals surface area contributed by atoms with E-state index in [2.05, 4.69) is 39.9 Å². The lowest BCUT2D eigenvalue weighted by Gasteiger charge is -2.39. The lowest BCUT2D eigenvalue weighted by molar-refractivity contribution is 0.00587. The number of esters is 1. The van der Waals surface area contributed by atoms with E-state index in [0.29, 0.717) is 11.6 Å². The first-order valence-corrected chi connectivity index (χ1v) is 8.41. The summed E-state index contributed by atoms with van der Waals surface area (Å²) in [5, 5.41) is 3.51. The van der Waals surface area contributed by atoms with Crippen molar-refractivity contribution in [3.05, 3.63) is 35.9 Å². The Kier molecular flexibility index (Phi) is 7.60. The predicted molar refractivity (Wildman–Crippen MR) is 92.1 cm³/mol. The summed E-state index contributed by atoms with van der Waals surface area (Å²) in [6.07, 6.45) is 4.38. The molecule has 0 saturated carbocycles. The quantitative estimate of drug-likeness (QED) is 0.831. The summed E-state index contributed by atoms with van der Waals surface area (Å²) in [5.41, 5.74) is 0.653. The van der Waals surface area contributed by atoms with E-state index in [0.717, 1.165) is 12.8 Å². The first-order chi connectivity index (χ1) is 10.4. The zero-order valence-corrected chi connectivity index (χ0v) is 14.7. The van der Waals surface area contributed by atoms with Crippen molar-refractivity contribution in [3.8, 4) is 0 Å². The molecule has 0 spiro atoms. The number of hydrogen-bond donors (Lipinski definition) is 1. The summed E-state index contributed by atoms with van der Waals surface area (Å²) in [4.78, 5) is 12.0. The number of piperidine rings is 1. The van der Waals surface area contributed by atoms with Gasteiger partial charge in [-0.15, -0.1) is 0 Å². The monoisotopic (exact) mass is 305 g/mol. The van der Waals surface area contributed by atoms with Gasteiger partial charge >= 0.3 is 5.97 Å². The SMILES string of the molecule is CCCC.C[C@H]1C[C@@H](OC(=O)c2ccccc2)CC(C)(C)N1. The van der Waals surface area contributed by atoms with E-state index in [9.17, 15) is 4.79 Å². The van der Waals surface area contributed by atoms with Crippen LogP contribution in [0, 0.1) is 0 Å².